The lowest BCUT2D eigenvalue weighted by Gasteiger charge is -2.17. The topological polar surface area (TPSA) is 50.9 Å². The Labute approximate surface area is 95.0 Å². The second kappa shape index (κ2) is 4.43. The van der Waals surface area contributed by atoms with Crippen molar-refractivity contribution in [1.82, 2.24) is 10.4 Å². The van der Waals surface area contributed by atoms with Crippen LogP contribution in [0.4, 0.5) is 0 Å². The highest BCUT2D eigenvalue weighted by Crippen LogP contribution is 2.25. The van der Waals surface area contributed by atoms with E-state index in [0.29, 0.717) is 0 Å². The van der Waals surface area contributed by atoms with Crippen LogP contribution in [0.5, 0.6) is 0 Å². The summed E-state index contributed by atoms with van der Waals surface area (Å²) in [6, 6.07) is 9.95. The van der Waals surface area contributed by atoms with Crippen LogP contribution in [0.15, 0.2) is 48.7 Å². The van der Waals surface area contributed by atoms with E-state index in [1.165, 1.54) is 0 Å². The summed E-state index contributed by atoms with van der Waals surface area (Å²) in [7, 11) is 0. The molecule has 3 heteroatoms. The minimum absolute atomic E-state index is 0.0344. The minimum atomic E-state index is -0.0344. The largest absolute Gasteiger partial charge is 0.271 e. The van der Waals surface area contributed by atoms with Gasteiger partial charge in [0.05, 0.1) is 11.6 Å². The number of hydrazine groups is 1. The van der Waals surface area contributed by atoms with Crippen LogP contribution in [-0.4, -0.2) is 4.98 Å². The van der Waals surface area contributed by atoms with Gasteiger partial charge in [0, 0.05) is 11.6 Å². The van der Waals surface area contributed by atoms with Crippen molar-refractivity contribution >= 4 is 10.9 Å². The molecule has 1 aromatic heterocycles. The second-order valence-electron chi connectivity index (χ2n) is 3.86. The maximum atomic E-state index is 5.57. The highest BCUT2D eigenvalue weighted by molar-refractivity contribution is 5.82. The number of nitrogens with two attached hydrogens (primary N) is 1. The molecule has 2 aromatic rings. The Balaban J connectivity index is 2.63. The fraction of sp³-hybridized carbons (Fsp3) is 0.154. The fourth-order valence-electron chi connectivity index (χ4n) is 1.87. The predicted octanol–water partition coefficient (Wildman–Crippen LogP) is 2.32. The molecule has 0 fully saturated rings. The summed E-state index contributed by atoms with van der Waals surface area (Å²) >= 11 is 0. The molecule has 0 aliphatic rings. The third kappa shape index (κ3) is 1.83. The van der Waals surface area contributed by atoms with Crippen molar-refractivity contribution in [3.8, 4) is 0 Å². The Morgan fingerprint density at radius 3 is 2.81 bits per heavy atom. The van der Waals surface area contributed by atoms with E-state index in [1.807, 2.05) is 37.3 Å². The highest BCUT2D eigenvalue weighted by Gasteiger charge is 2.13. The number of para-hydroxylation sites is 1. The summed E-state index contributed by atoms with van der Waals surface area (Å²) in [6.07, 6.45) is 1.80. The van der Waals surface area contributed by atoms with E-state index in [-0.39, 0.29) is 6.04 Å². The molecule has 0 amide bonds. The van der Waals surface area contributed by atoms with E-state index in [1.54, 1.807) is 6.20 Å². The lowest BCUT2D eigenvalue weighted by molar-refractivity contribution is 0.631. The molecule has 0 aliphatic heterocycles. The SMILES string of the molecule is C=C(C)C(NN)c1ccnc2ccccc12. The maximum absolute atomic E-state index is 5.57. The number of hydrogen-bond acceptors (Lipinski definition) is 3. The zero-order chi connectivity index (χ0) is 11.5. The Morgan fingerprint density at radius 1 is 1.38 bits per heavy atom. The molecule has 0 aliphatic carbocycles. The van der Waals surface area contributed by atoms with Crippen molar-refractivity contribution in [2.24, 2.45) is 5.84 Å². The number of nitrogens with zero attached hydrogens (tertiary/aromatic N) is 1. The standard InChI is InChI=1S/C13H15N3/c1-9(2)13(16-14)11-7-8-15-12-6-4-3-5-10(11)12/h3-8,13,16H,1,14H2,2H3. The summed E-state index contributed by atoms with van der Waals surface area (Å²) < 4.78 is 0. The van der Waals surface area contributed by atoms with E-state index < -0.39 is 0 Å². The Bertz CT molecular complexity index is 514. The van der Waals surface area contributed by atoms with Gasteiger partial charge in [0.15, 0.2) is 0 Å². The molecule has 1 atom stereocenters. The third-order valence-electron chi connectivity index (χ3n) is 2.65. The van der Waals surface area contributed by atoms with Gasteiger partial charge in [-0.25, -0.2) is 5.43 Å². The van der Waals surface area contributed by atoms with Crippen LogP contribution in [0, 0.1) is 0 Å². The van der Waals surface area contributed by atoms with Gasteiger partial charge in [-0.1, -0.05) is 30.4 Å². The van der Waals surface area contributed by atoms with Gasteiger partial charge >= 0.3 is 0 Å². The number of pyridine rings is 1. The molecule has 1 unspecified atom stereocenters. The molecule has 82 valence electrons. The molecular formula is C13H15N3. The Kier molecular flexibility index (Phi) is 2.99. The normalized spacial score (nSPS) is 12.6. The number of fused-ring (bicyclic) bond motifs is 1. The lowest BCUT2D eigenvalue weighted by atomic mass is 9.98. The van der Waals surface area contributed by atoms with Gasteiger partial charge in [-0.05, 0) is 24.6 Å². The van der Waals surface area contributed by atoms with Crippen molar-refractivity contribution in [3.05, 3.63) is 54.2 Å². The molecule has 16 heavy (non-hydrogen) atoms. The number of aromatic nitrogens is 1. The first-order chi connectivity index (χ1) is 7.74. The van der Waals surface area contributed by atoms with Gasteiger partial charge < -0.3 is 0 Å². The van der Waals surface area contributed by atoms with E-state index in [0.717, 1.165) is 22.0 Å². The van der Waals surface area contributed by atoms with Crippen LogP contribution in [0.25, 0.3) is 10.9 Å². The van der Waals surface area contributed by atoms with Crippen molar-refractivity contribution in [2.45, 2.75) is 13.0 Å². The minimum Gasteiger partial charge on any atom is -0.271 e. The number of nitrogens with one attached hydrogen (secondary N) is 1. The zero-order valence-corrected chi connectivity index (χ0v) is 9.27. The molecule has 0 radical (unpaired) electrons. The van der Waals surface area contributed by atoms with Gasteiger partial charge in [-0.15, -0.1) is 0 Å². The van der Waals surface area contributed by atoms with Gasteiger partial charge in [-0.2, -0.15) is 0 Å². The zero-order valence-electron chi connectivity index (χ0n) is 9.27. The van der Waals surface area contributed by atoms with Crippen LogP contribution in [-0.2, 0) is 0 Å². The average Bonchev–Trinajstić information content (AvgIpc) is 2.30. The van der Waals surface area contributed by atoms with Crippen LogP contribution < -0.4 is 11.3 Å². The van der Waals surface area contributed by atoms with Crippen molar-refractivity contribution in [3.63, 3.8) is 0 Å². The van der Waals surface area contributed by atoms with E-state index in [2.05, 4.69) is 17.0 Å². The molecule has 0 saturated carbocycles. The lowest BCUT2D eigenvalue weighted by Crippen LogP contribution is -2.28. The van der Waals surface area contributed by atoms with Crippen LogP contribution in [0.1, 0.15) is 18.5 Å². The van der Waals surface area contributed by atoms with Crippen LogP contribution in [0.2, 0.25) is 0 Å². The quantitative estimate of drug-likeness (QED) is 0.467. The monoisotopic (exact) mass is 213 g/mol. The average molecular weight is 213 g/mol. The van der Waals surface area contributed by atoms with Crippen molar-refractivity contribution < 1.29 is 0 Å². The molecule has 3 N–H and O–H groups in total. The number of rotatable bonds is 3. The van der Waals surface area contributed by atoms with E-state index in [9.17, 15) is 0 Å². The summed E-state index contributed by atoms with van der Waals surface area (Å²) in [6.45, 7) is 5.90. The Hall–Kier alpha value is -1.71. The highest BCUT2D eigenvalue weighted by atomic mass is 15.2. The summed E-state index contributed by atoms with van der Waals surface area (Å²) in [5.74, 6) is 5.57. The van der Waals surface area contributed by atoms with Gasteiger partial charge in [0.1, 0.15) is 0 Å². The number of benzene rings is 1. The maximum Gasteiger partial charge on any atom is 0.0705 e. The van der Waals surface area contributed by atoms with Crippen molar-refractivity contribution in [1.29, 1.82) is 0 Å². The first kappa shape index (κ1) is 10.8. The predicted molar refractivity (Wildman–Crippen MR) is 66.6 cm³/mol. The molecule has 1 heterocycles. The molecule has 0 saturated heterocycles. The van der Waals surface area contributed by atoms with Gasteiger partial charge in [0.25, 0.3) is 0 Å². The van der Waals surface area contributed by atoms with E-state index >= 15 is 0 Å². The molecule has 3 nitrogen and oxygen atoms in total. The third-order valence-corrected chi connectivity index (χ3v) is 2.65. The van der Waals surface area contributed by atoms with Gasteiger partial charge in [-0.3, -0.25) is 10.8 Å². The smallest absolute Gasteiger partial charge is 0.0705 e. The molecule has 1 aromatic carbocycles. The van der Waals surface area contributed by atoms with Crippen LogP contribution in [0.3, 0.4) is 0 Å². The van der Waals surface area contributed by atoms with E-state index in [4.69, 9.17) is 5.84 Å². The summed E-state index contributed by atoms with van der Waals surface area (Å²) in [5, 5.41) is 1.11. The second-order valence-corrected chi connectivity index (χ2v) is 3.86. The number of hydrogen-bond donors (Lipinski definition) is 2. The molecule has 2 rings (SSSR count). The molecule has 0 spiro atoms. The summed E-state index contributed by atoms with van der Waals surface area (Å²) in [4.78, 5) is 4.32. The molecular weight excluding hydrogens is 198 g/mol. The molecule has 0 bridgehead atoms. The first-order valence-corrected chi connectivity index (χ1v) is 5.19. The van der Waals surface area contributed by atoms with Crippen molar-refractivity contribution in [2.75, 3.05) is 0 Å². The first-order valence-electron chi connectivity index (χ1n) is 5.19. The van der Waals surface area contributed by atoms with Crippen LogP contribution >= 0.6 is 0 Å². The fourth-order valence-corrected chi connectivity index (χ4v) is 1.87. The summed E-state index contributed by atoms with van der Waals surface area (Å²) in [5.41, 5.74) is 5.85. The van der Waals surface area contributed by atoms with Gasteiger partial charge in [0.2, 0.25) is 0 Å². The Morgan fingerprint density at radius 2 is 2.12 bits per heavy atom.